The Morgan fingerprint density at radius 3 is 2.81 bits per heavy atom. The highest BCUT2D eigenvalue weighted by atomic mass is 32.1. The number of phenols is 1. The van der Waals surface area contributed by atoms with E-state index >= 15 is 0 Å². The largest absolute Gasteiger partial charge is 0.508 e. The third-order valence-electron chi connectivity index (χ3n) is 3.06. The monoisotopic (exact) mass is 303 g/mol. The zero-order chi connectivity index (χ0) is 15.1. The average Bonchev–Trinajstić information content (AvgIpc) is 2.87. The first-order valence-corrected chi connectivity index (χ1v) is 7.90. The molecule has 0 aliphatic heterocycles. The zero-order valence-corrected chi connectivity index (χ0v) is 13.2. The van der Waals surface area contributed by atoms with Crippen molar-refractivity contribution in [2.75, 3.05) is 6.54 Å². The maximum atomic E-state index is 9.46. The topological polar surface area (TPSA) is 56.7 Å². The first kappa shape index (κ1) is 15.4. The summed E-state index contributed by atoms with van der Waals surface area (Å²) in [6.07, 6.45) is 0. The van der Waals surface area contributed by atoms with Crippen molar-refractivity contribution in [2.24, 2.45) is 4.99 Å². The fourth-order valence-corrected chi connectivity index (χ4v) is 2.76. The third kappa shape index (κ3) is 4.79. The maximum absolute atomic E-state index is 9.46. The summed E-state index contributed by atoms with van der Waals surface area (Å²) in [5.41, 5.74) is 2.29. The van der Waals surface area contributed by atoms with Crippen molar-refractivity contribution in [2.45, 2.75) is 26.9 Å². The van der Waals surface area contributed by atoms with E-state index in [1.54, 1.807) is 23.5 Å². The lowest BCUT2D eigenvalue weighted by molar-refractivity contribution is 0.474. The number of aliphatic imine (C=N–C) groups is 1. The van der Waals surface area contributed by atoms with Gasteiger partial charge in [0.15, 0.2) is 5.96 Å². The van der Waals surface area contributed by atoms with Crippen molar-refractivity contribution in [1.29, 1.82) is 0 Å². The van der Waals surface area contributed by atoms with E-state index in [2.05, 4.69) is 34.0 Å². The lowest BCUT2D eigenvalue weighted by atomic mass is 10.2. The SMILES string of the molecule is CCNC(=NCc1cccc(O)c1)NCc1sccc1C. The Kier molecular flexibility index (Phi) is 5.63. The summed E-state index contributed by atoms with van der Waals surface area (Å²) in [4.78, 5) is 5.86. The van der Waals surface area contributed by atoms with Gasteiger partial charge in [0.05, 0.1) is 13.1 Å². The Bertz CT molecular complexity index is 607. The van der Waals surface area contributed by atoms with Crippen molar-refractivity contribution in [3.05, 3.63) is 51.7 Å². The van der Waals surface area contributed by atoms with Crippen LogP contribution in [0.1, 0.15) is 22.9 Å². The summed E-state index contributed by atoms with van der Waals surface area (Å²) in [6, 6.07) is 9.30. The Hall–Kier alpha value is -2.01. The molecule has 0 saturated carbocycles. The molecule has 4 nitrogen and oxygen atoms in total. The molecule has 21 heavy (non-hydrogen) atoms. The molecule has 1 aromatic carbocycles. The van der Waals surface area contributed by atoms with Gasteiger partial charge in [0.1, 0.15) is 5.75 Å². The third-order valence-corrected chi connectivity index (χ3v) is 4.08. The molecular formula is C16H21N3OS. The number of aryl methyl sites for hydroxylation is 1. The van der Waals surface area contributed by atoms with E-state index in [0.29, 0.717) is 6.54 Å². The predicted molar refractivity (Wildman–Crippen MR) is 88.8 cm³/mol. The van der Waals surface area contributed by atoms with Crippen molar-refractivity contribution in [3.63, 3.8) is 0 Å². The van der Waals surface area contributed by atoms with Crippen molar-refractivity contribution in [3.8, 4) is 5.75 Å². The minimum absolute atomic E-state index is 0.273. The van der Waals surface area contributed by atoms with Crippen LogP contribution in [0, 0.1) is 6.92 Å². The number of benzene rings is 1. The number of rotatable bonds is 5. The van der Waals surface area contributed by atoms with E-state index in [-0.39, 0.29) is 5.75 Å². The van der Waals surface area contributed by atoms with Crippen LogP contribution >= 0.6 is 11.3 Å². The summed E-state index contributed by atoms with van der Waals surface area (Å²) in [6.45, 7) is 6.28. The maximum Gasteiger partial charge on any atom is 0.191 e. The van der Waals surface area contributed by atoms with Crippen LogP contribution in [-0.2, 0) is 13.1 Å². The molecule has 1 heterocycles. The van der Waals surface area contributed by atoms with Gasteiger partial charge in [-0.25, -0.2) is 4.99 Å². The fourth-order valence-electron chi connectivity index (χ4n) is 1.92. The summed E-state index contributed by atoms with van der Waals surface area (Å²) in [5, 5.41) is 18.1. The molecule has 2 rings (SSSR count). The molecule has 0 aliphatic rings. The van der Waals surface area contributed by atoms with Crippen LogP contribution in [0.2, 0.25) is 0 Å². The molecule has 3 N–H and O–H groups in total. The lowest BCUT2D eigenvalue weighted by Gasteiger charge is -2.11. The second kappa shape index (κ2) is 7.69. The van der Waals surface area contributed by atoms with Gasteiger partial charge in [-0.2, -0.15) is 0 Å². The van der Waals surface area contributed by atoms with Gasteiger partial charge in [-0.1, -0.05) is 12.1 Å². The molecule has 0 saturated heterocycles. The summed E-state index contributed by atoms with van der Waals surface area (Å²) < 4.78 is 0. The van der Waals surface area contributed by atoms with Gasteiger partial charge >= 0.3 is 0 Å². The Labute approximate surface area is 129 Å². The highest BCUT2D eigenvalue weighted by Gasteiger charge is 2.02. The van der Waals surface area contributed by atoms with Gasteiger partial charge in [0, 0.05) is 11.4 Å². The van der Waals surface area contributed by atoms with Crippen LogP contribution in [0.3, 0.4) is 0 Å². The summed E-state index contributed by atoms with van der Waals surface area (Å²) >= 11 is 1.75. The lowest BCUT2D eigenvalue weighted by Crippen LogP contribution is -2.36. The zero-order valence-electron chi connectivity index (χ0n) is 12.4. The highest BCUT2D eigenvalue weighted by molar-refractivity contribution is 7.10. The number of phenolic OH excluding ortho intramolecular Hbond substituents is 1. The molecule has 112 valence electrons. The molecule has 5 heteroatoms. The van der Waals surface area contributed by atoms with Crippen LogP contribution in [0.4, 0.5) is 0 Å². The number of hydrogen-bond acceptors (Lipinski definition) is 3. The van der Waals surface area contributed by atoms with Crippen LogP contribution < -0.4 is 10.6 Å². The number of guanidine groups is 1. The van der Waals surface area contributed by atoms with Crippen molar-refractivity contribution < 1.29 is 5.11 Å². The van der Waals surface area contributed by atoms with Gasteiger partial charge in [-0.15, -0.1) is 11.3 Å². The van der Waals surface area contributed by atoms with E-state index < -0.39 is 0 Å². The molecule has 2 aromatic rings. The minimum Gasteiger partial charge on any atom is -0.508 e. The van der Waals surface area contributed by atoms with Crippen LogP contribution in [0.25, 0.3) is 0 Å². The Morgan fingerprint density at radius 2 is 2.14 bits per heavy atom. The average molecular weight is 303 g/mol. The van der Waals surface area contributed by atoms with Crippen molar-refractivity contribution >= 4 is 17.3 Å². The number of nitrogens with one attached hydrogen (secondary N) is 2. The summed E-state index contributed by atoms with van der Waals surface area (Å²) in [7, 11) is 0. The minimum atomic E-state index is 0.273. The normalized spacial score (nSPS) is 11.4. The van der Waals surface area contributed by atoms with Crippen LogP contribution in [0.5, 0.6) is 5.75 Å². The van der Waals surface area contributed by atoms with E-state index in [1.807, 2.05) is 19.1 Å². The van der Waals surface area contributed by atoms with Gasteiger partial charge in [-0.3, -0.25) is 0 Å². The smallest absolute Gasteiger partial charge is 0.191 e. The van der Waals surface area contributed by atoms with E-state index in [1.165, 1.54) is 10.4 Å². The second-order valence-electron chi connectivity index (χ2n) is 4.75. The first-order chi connectivity index (χ1) is 10.2. The van der Waals surface area contributed by atoms with Crippen molar-refractivity contribution in [1.82, 2.24) is 10.6 Å². The molecular weight excluding hydrogens is 282 g/mol. The molecule has 1 aromatic heterocycles. The second-order valence-corrected chi connectivity index (χ2v) is 5.75. The quantitative estimate of drug-likeness (QED) is 0.588. The van der Waals surface area contributed by atoms with Crippen LogP contribution in [-0.4, -0.2) is 17.6 Å². The number of hydrogen-bond donors (Lipinski definition) is 3. The van der Waals surface area contributed by atoms with E-state index in [0.717, 1.165) is 24.6 Å². The van der Waals surface area contributed by atoms with E-state index in [9.17, 15) is 5.11 Å². The van der Waals surface area contributed by atoms with Crippen LogP contribution in [0.15, 0.2) is 40.7 Å². The molecule has 0 atom stereocenters. The number of nitrogens with zero attached hydrogens (tertiary/aromatic N) is 1. The highest BCUT2D eigenvalue weighted by Crippen LogP contribution is 2.15. The van der Waals surface area contributed by atoms with Gasteiger partial charge < -0.3 is 15.7 Å². The predicted octanol–water partition coefficient (Wildman–Crippen LogP) is 3.02. The molecule has 0 fully saturated rings. The molecule has 0 unspecified atom stereocenters. The molecule has 0 amide bonds. The molecule has 0 aliphatic carbocycles. The van der Waals surface area contributed by atoms with Gasteiger partial charge in [0.25, 0.3) is 0 Å². The summed E-state index contributed by atoms with van der Waals surface area (Å²) in [5.74, 6) is 1.06. The molecule has 0 bridgehead atoms. The van der Waals surface area contributed by atoms with Gasteiger partial charge in [0.2, 0.25) is 0 Å². The first-order valence-electron chi connectivity index (χ1n) is 7.02. The Balaban J connectivity index is 1.97. The van der Waals surface area contributed by atoms with Gasteiger partial charge in [-0.05, 0) is 48.6 Å². The Morgan fingerprint density at radius 1 is 1.29 bits per heavy atom. The molecule has 0 radical (unpaired) electrons. The molecule has 0 spiro atoms. The standard InChI is InChI=1S/C16H21N3OS/c1-3-17-16(19-11-15-12(2)7-8-21-15)18-10-13-5-4-6-14(20)9-13/h4-9,20H,3,10-11H2,1-2H3,(H2,17,18,19). The fraction of sp³-hybridized carbons (Fsp3) is 0.312. The van der Waals surface area contributed by atoms with E-state index in [4.69, 9.17) is 0 Å². The number of thiophene rings is 1. The number of aromatic hydroxyl groups is 1.